The monoisotopic (exact) mass is 669 g/mol. The average Bonchev–Trinajstić information content (AvgIpc) is 3.78. The summed E-state index contributed by atoms with van der Waals surface area (Å²) in [5.74, 6) is 0. The summed E-state index contributed by atoms with van der Waals surface area (Å²) in [6.07, 6.45) is 0. The minimum absolute atomic E-state index is 0.871. The highest BCUT2D eigenvalue weighted by Gasteiger charge is 2.23. The van der Waals surface area contributed by atoms with Crippen molar-refractivity contribution in [3.63, 3.8) is 0 Å². The number of para-hydroxylation sites is 2. The number of hydrogen-bond donors (Lipinski definition) is 0. The zero-order valence-electron chi connectivity index (χ0n) is 27.7. The van der Waals surface area contributed by atoms with Crippen molar-refractivity contribution in [3.05, 3.63) is 188 Å². The number of benzene rings is 8. The van der Waals surface area contributed by atoms with Gasteiger partial charge in [0, 0.05) is 42.4 Å². The summed E-state index contributed by atoms with van der Waals surface area (Å²) >= 11 is 1.87. The van der Waals surface area contributed by atoms with Gasteiger partial charge in [-0.15, -0.1) is 11.3 Å². The lowest BCUT2D eigenvalue weighted by Crippen LogP contribution is -2.11. The molecule has 0 saturated heterocycles. The second-order valence-corrected chi connectivity index (χ2v) is 13.9. The molecular formula is C48H31NOS. The predicted octanol–water partition coefficient (Wildman–Crippen LogP) is 14.4. The maximum atomic E-state index is 6.44. The van der Waals surface area contributed by atoms with Crippen LogP contribution in [0.4, 0.5) is 17.1 Å². The summed E-state index contributed by atoms with van der Waals surface area (Å²) in [5.41, 5.74) is 12.2. The molecule has 0 unspecified atom stereocenters. The standard InChI is InChI=1S/C48H31NOS/c1-2-13-32(14-3-1)33-27-29-34(30-28-33)35-15-10-16-36(31-35)49(43-23-12-25-45-47(43)41-19-5-8-24-44(41)50-45)42-22-7-4-17-37(42)39-20-11-21-40-38-18-6-9-26-46(38)51-48(39)40/h1-31H. The molecule has 240 valence electrons. The lowest BCUT2D eigenvalue weighted by atomic mass is 9.98. The summed E-state index contributed by atoms with van der Waals surface area (Å²) < 4.78 is 9.03. The van der Waals surface area contributed by atoms with Gasteiger partial charge in [-0.1, -0.05) is 146 Å². The van der Waals surface area contributed by atoms with Crippen molar-refractivity contribution in [2.24, 2.45) is 0 Å². The fraction of sp³-hybridized carbons (Fsp3) is 0. The summed E-state index contributed by atoms with van der Waals surface area (Å²) in [5, 5.41) is 4.79. The first-order chi connectivity index (χ1) is 25.3. The Morgan fingerprint density at radius 2 is 0.980 bits per heavy atom. The van der Waals surface area contributed by atoms with E-state index >= 15 is 0 Å². The van der Waals surface area contributed by atoms with Gasteiger partial charge in [0.15, 0.2) is 0 Å². The molecule has 0 bridgehead atoms. The molecule has 0 N–H and O–H groups in total. The van der Waals surface area contributed by atoms with Gasteiger partial charge in [-0.25, -0.2) is 0 Å². The molecule has 0 aliphatic rings. The third-order valence-corrected chi connectivity index (χ3v) is 11.1. The Morgan fingerprint density at radius 1 is 0.392 bits per heavy atom. The van der Waals surface area contributed by atoms with Crippen LogP contribution in [0.1, 0.15) is 0 Å². The van der Waals surface area contributed by atoms with Gasteiger partial charge in [0.1, 0.15) is 11.2 Å². The minimum atomic E-state index is 0.871. The molecule has 0 aliphatic carbocycles. The van der Waals surface area contributed by atoms with Crippen molar-refractivity contribution in [1.29, 1.82) is 0 Å². The molecular weight excluding hydrogens is 639 g/mol. The number of rotatable bonds is 6. The van der Waals surface area contributed by atoms with Crippen LogP contribution in [0.3, 0.4) is 0 Å². The van der Waals surface area contributed by atoms with Crippen molar-refractivity contribution >= 4 is 70.5 Å². The number of fused-ring (bicyclic) bond motifs is 6. The van der Waals surface area contributed by atoms with Crippen LogP contribution in [0, 0.1) is 0 Å². The molecule has 51 heavy (non-hydrogen) atoms. The Hall–Kier alpha value is -6.42. The summed E-state index contributed by atoms with van der Waals surface area (Å²) in [7, 11) is 0. The molecule has 0 radical (unpaired) electrons. The first-order valence-electron chi connectivity index (χ1n) is 17.3. The molecule has 2 nitrogen and oxygen atoms in total. The second kappa shape index (κ2) is 12.2. The molecule has 0 atom stereocenters. The average molecular weight is 670 g/mol. The summed E-state index contributed by atoms with van der Waals surface area (Å²) in [6, 6.07) is 67.4. The topological polar surface area (TPSA) is 16.4 Å². The number of hydrogen-bond acceptors (Lipinski definition) is 3. The number of thiophene rings is 1. The van der Waals surface area contributed by atoms with Crippen LogP contribution < -0.4 is 4.90 Å². The van der Waals surface area contributed by atoms with Gasteiger partial charge >= 0.3 is 0 Å². The Kier molecular flexibility index (Phi) is 7.04. The first-order valence-corrected chi connectivity index (χ1v) is 18.1. The van der Waals surface area contributed by atoms with E-state index in [9.17, 15) is 0 Å². The van der Waals surface area contributed by atoms with E-state index in [1.165, 1.54) is 48.0 Å². The normalized spacial score (nSPS) is 11.5. The van der Waals surface area contributed by atoms with Crippen molar-refractivity contribution in [2.75, 3.05) is 4.90 Å². The number of anilines is 3. The molecule has 8 aromatic carbocycles. The van der Waals surface area contributed by atoms with E-state index in [0.717, 1.165) is 44.6 Å². The van der Waals surface area contributed by atoms with E-state index in [2.05, 4.69) is 187 Å². The van der Waals surface area contributed by atoms with Gasteiger partial charge in [0.05, 0.1) is 16.8 Å². The summed E-state index contributed by atoms with van der Waals surface area (Å²) in [4.78, 5) is 2.42. The van der Waals surface area contributed by atoms with Crippen LogP contribution >= 0.6 is 11.3 Å². The SMILES string of the molecule is c1ccc(-c2ccc(-c3cccc(N(c4ccccc4-c4cccc5c4sc4ccccc45)c4cccc5oc6ccccc6c45)c3)cc2)cc1. The maximum absolute atomic E-state index is 6.44. The smallest absolute Gasteiger partial charge is 0.137 e. The Balaban J connectivity index is 1.20. The van der Waals surface area contributed by atoms with Crippen LogP contribution in [0.15, 0.2) is 192 Å². The highest BCUT2D eigenvalue weighted by atomic mass is 32.1. The first kappa shape index (κ1) is 29.5. The van der Waals surface area contributed by atoms with Crippen molar-refractivity contribution in [2.45, 2.75) is 0 Å². The molecule has 0 fully saturated rings. The van der Waals surface area contributed by atoms with E-state index < -0.39 is 0 Å². The Bertz CT molecular complexity index is 2860. The van der Waals surface area contributed by atoms with Gasteiger partial charge in [-0.2, -0.15) is 0 Å². The van der Waals surface area contributed by atoms with E-state index in [1.807, 2.05) is 17.4 Å². The molecule has 0 aliphatic heterocycles. The van der Waals surface area contributed by atoms with Crippen LogP contribution in [0.5, 0.6) is 0 Å². The molecule has 3 heteroatoms. The van der Waals surface area contributed by atoms with E-state index in [-0.39, 0.29) is 0 Å². The summed E-state index contributed by atoms with van der Waals surface area (Å²) in [6.45, 7) is 0. The fourth-order valence-corrected chi connectivity index (χ4v) is 8.75. The Morgan fingerprint density at radius 3 is 1.86 bits per heavy atom. The minimum Gasteiger partial charge on any atom is -0.456 e. The van der Waals surface area contributed by atoms with Crippen molar-refractivity contribution < 1.29 is 4.42 Å². The number of furan rings is 1. The maximum Gasteiger partial charge on any atom is 0.137 e. The van der Waals surface area contributed by atoms with Gasteiger partial charge in [-0.05, 0) is 64.7 Å². The van der Waals surface area contributed by atoms with Crippen LogP contribution in [0.25, 0.3) is 75.5 Å². The third-order valence-electron chi connectivity index (χ3n) is 9.89. The van der Waals surface area contributed by atoms with Gasteiger partial charge < -0.3 is 9.32 Å². The third kappa shape index (κ3) is 5.01. The highest BCUT2D eigenvalue weighted by Crippen LogP contribution is 2.48. The molecule has 0 saturated carbocycles. The molecule has 0 spiro atoms. The van der Waals surface area contributed by atoms with E-state index in [1.54, 1.807) is 0 Å². The van der Waals surface area contributed by atoms with Crippen LogP contribution in [-0.2, 0) is 0 Å². The predicted molar refractivity (Wildman–Crippen MR) is 218 cm³/mol. The number of nitrogens with zero attached hydrogens (tertiary/aromatic N) is 1. The van der Waals surface area contributed by atoms with E-state index in [4.69, 9.17) is 4.42 Å². The molecule has 2 heterocycles. The Labute approximate surface area is 300 Å². The lowest BCUT2D eigenvalue weighted by Gasteiger charge is -2.29. The largest absolute Gasteiger partial charge is 0.456 e. The zero-order valence-corrected chi connectivity index (χ0v) is 28.5. The van der Waals surface area contributed by atoms with Crippen LogP contribution in [-0.4, -0.2) is 0 Å². The molecule has 2 aromatic heterocycles. The zero-order chi connectivity index (χ0) is 33.7. The van der Waals surface area contributed by atoms with E-state index in [0.29, 0.717) is 0 Å². The fourth-order valence-electron chi connectivity index (χ4n) is 7.52. The van der Waals surface area contributed by atoms with Crippen molar-refractivity contribution in [3.8, 4) is 33.4 Å². The molecule has 10 aromatic rings. The molecule has 0 amide bonds. The molecule has 10 rings (SSSR count). The van der Waals surface area contributed by atoms with Gasteiger partial charge in [-0.3, -0.25) is 0 Å². The second-order valence-electron chi connectivity index (χ2n) is 12.9. The van der Waals surface area contributed by atoms with Gasteiger partial charge in [0.2, 0.25) is 0 Å². The highest BCUT2D eigenvalue weighted by molar-refractivity contribution is 7.26. The van der Waals surface area contributed by atoms with Crippen molar-refractivity contribution in [1.82, 2.24) is 0 Å². The van der Waals surface area contributed by atoms with Crippen LogP contribution in [0.2, 0.25) is 0 Å². The lowest BCUT2D eigenvalue weighted by molar-refractivity contribution is 0.669. The van der Waals surface area contributed by atoms with Gasteiger partial charge in [0.25, 0.3) is 0 Å². The quantitative estimate of drug-likeness (QED) is 0.175.